The predicted molar refractivity (Wildman–Crippen MR) is 182 cm³/mol. The molecule has 1 aromatic heterocycles. The number of aromatic nitrogens is 2. The van der Waals surface area contributed by atoms with E-state index in [1.54, 1.807) is 24.3 Å². The first-order valence-corrected chi connectivity index (χ1v) is 17.3. The first-order chi connectivity index (χ1) is 23.3. The Labute approximate surface area is 279 Å². The topological polar surface area (TPSA) is 77.0 Å². The molecule has 4 aromatic rings. The molecule has 3 aromatic carbocycles. The van der Waals surface area contributed by atoms with Crippen LogP contribution in [0.5, 0.6) is 11.8 Å². The van der Waals surface area contributed by atoms with Crippen molar-refractivity contribution < 1.29 is 18.6 Å². The zero-order valence-electron chi connectivity index (χ0n) is 27.2. The number of piperazine rings is 2. The number of piperidine rings is 2. The molecule has 48 heavy (non-hydrogen) atoms. The molecule has 10 rings (SSSR count). The van der Waals surface area contributed by atoms with Crippen LogP contribution in [0.3, 0.4) is 0 Å². The number of phenolic OH excluding ortho intramolecular Hbond substituents is 1. The third kappa shape index (κ3) is 5.06. The summed E-state index contributed by atoms with van der Waals surface area (Å²) in [6.45, 7) is 5.01. The Morgan fingerprint density at radius 3 is 2.52 bits per heavy atom. The van der Waals surface area contributed by atoms with E-state index in [2.05, 4.69) is 38.0 Å². The van der Waals surface area contributed by atoms with Crippen molar-refractivity contribution in [3.8, 4) is 35.2 Å². The van der Waals surface area contributed by atoms with E-state index in [1.807, 2.05) is 0 Å². The lowest BCUT2D eigenvalue weighted by Crippen LogP contribution is -2.62. The molecule has 1 aliphatic carbocycles. The lowest BCUT2D eigenvalue weighted by Gasteiger charge is -2.51. The maximum atomic E-state index is 17.0. The van der Waals surface area contributed by atoms with Crippen LogP contribution in [-0.4, -0.2) is 95.4 Å². The maximum Gasteiger partial charge on any atom is 0.319 e. The van der Waals surface area contributed by atoms with E-state index in [9.17, 15) is 5.11 Å². The summed E-state index contributed by atoms with van der Waals surface area (Å²) in [5, 5.41) is 15.6. The third-order valence-electron chi connectivity index (χ3n) is 11.7. The molecule has 8 nitrogen and oxygen atoms in total. The summed E-state index contributed by atoms with van der Waals surface area (Å²) in [5.41, 5.74) is 0.394. The Morgan fingerprint density at radius 1 is 1.02 bits per heavy atom. The molecule has 0 spiro atoms. The number of ether oxygens (including phenoxy) is 1. The summed E-state index contributed by atoms with van der Waals surface area (Å²) in [5.74, 6) is 1.42. The molecule has 4 unspecified atom stereocenters. The summed E-state index contributed by atoms with van der Waals surface area (Å²) >= 11 is 0. The van der Waals surface area contributed by atoms with Crippen LogP contribution >= 0.6 is 0 Å². The fraction of sp³-hybridized carbons (Fsp3) is 0.474. The second-order valence-corrected chi connectivity index (χ2v) is 14.9. The number of nitrogens with zero attached hydrogens (tertiary/aromatic N) is 5. The highest BCUT2D eigenvalue weighted by Gasteiger charge is 2.48. The van der Waals surface area contributed by atoms with Crippen LogP contribution < -0.4 is 15.0 Å². The van der Waals surface area contributed by atoms with Crippen molar-refractivity contribution in [1.29, 1.82) is 0 Å². The average Bonchev–Trinajstić information content (AvgIpc) is 3.77. The quantitative estimate of drug-likeness (QED) is 0.262. The van der Waals surface area contributed by atoms with Gasteiger partial charge in [-0.25, -0.2) is 8.78 Å². The molecule has 6 fully saturated rings. The van der Waals surface area contributed by atoms with Crippen LogP contribution in [0.2, 0.25) is 0 Å². The zero-order valence-corrected chi connectivity index (χ0v) is 27.2. The molecule has 6 heterocycles. The van der Waals surface area contributed by atoms with Gasteiger partial charge in [-0.2, -0.15) is 9.97 Å². The van der Waals surface area contributed by atoms with Crippen LogP contribution in [0.15, 0.2) is 36.4 Å². The van der Waals surface area contributed by atoms with E-state index in [1.165, 1.54) is 25.0 Å². The summed E-state index contributed by atoms with van der Waals surface area (Å²) < 4.78 is 39.7. The minimum Gasteiger partial charge on any atom is -0.508 e. The Hall–Kier alpha value is -4.04. The summed E-state index contributed by atoms with van der Waals surface area (Å²) in [7, 11) is 2.23. The van der Waals surface area contributed by atoms with Gasteiger partial charge in [-0.05, 0) is 75.2 Å². The number of fused-ring (bicyclic) bond motifs is 7. The van der Waals surface area contributed by atoms with Gasteiger partial charge < -0.3 is 25.0 Å². The first-order valence-electron chi connectivity index (χ1n) is 17.3. The van der Waals surface area contributed by atoms with Crippen LogP contribution in [0.25, 0.3) is 32.8 Å². The fourth-order valence-corrected chi connectivity index (χ4v) is 8.91. The Kier molecular flexibility index (Phi) is 7.05. The van der Waals surface area contributed by atoms with Crippen molar-refractivity contribution in [2.45, 2.75) is 62.7 Å². The molecule has 2 N–H and O–H groups in total. The SMILES string of the molecule is C#Cc1cccc2cc(O)cc(-c3c(F)cc4c(N5CC6CCC(C5)N6)nc(OCC5(CN6CC7CCC6CN7C)CC5)nc4c3F)c12. The van der Waals surface area contributed by atoms with E-state index in [0.717, 1.165) is 45.3 Å². The van der Waals surface area contributed by atoms with E-state index >= 15 is 8.78 Å². The molecule has 4 atom stereocenters. The minimum atomic E-state index is -0.829. The number of rotatable bonds is 7. The highest BCUT2D eigenvalue weighted by molar-refractivity contribution is 6.04. The van der Waals surface area contributed by atoms with Crippen molar-refractivity contribution in [2.75, 3.05) is 51.3 Å². The van der Waals surface area contributed by atoms with Gasteiger partial charge >= 0.3 is 6.01 Å². The van der Waals surface area contributed by atoms with E-state index in [4.69, 9.17) is 16.1 Å². The predicted octanol–water partition coefficient (Wildman–Crippen LogP) is 5.29. The van der Waals surface area contributed by atoms with Crippen molar-refractivity contribution >= 4 is 27.5 Å². The number of phenols is 1. The van der Waals surface area contributed by atoms with Gasteiger partial charge in [-0.1, -0.05) is 18.1 Å². The highest BCUT2D eigenvalue weighted by atomic mass is 19.1. The van der Waals surface area contributed by atoms with E-state index in [0.29, 0.717) is 71.4 Å². The average molecular weight is 651 g/mol. The zero-order chi connectivity index (χ0) is 32.7. The van der Waals surface area contributed by atoms with Gasteiger partial charge in [0.05, 0.1) is 12.2 Å². The van der Waals surface area contributed by atoms with Gasteiger partial charge in [-0.3, -0.25) is 4.90 Å². The number of aromatic hydroxyl groups is 1. The summed E-state index contributed by atoms with van der Waals surface area (Å²) in [4.78, 5) is 16.8. The first kappa shape index (κ1) is 30.1. The number of anilines is 1. The molecule has 5 aliphatic heterocycles. The van der Waals surface area contributed by atoms with Crippen LogP contribution in [-0.2, 0) is 0 Å². The van der Waals surface area contributed by atoms with E-state index in [-0.39, 0.29) is 33.8 Å². The number of likely N-dealkylation sites (N-methyl/N-ethyl adjacent to an activating group) is 1. The minimum absolute atomic E-state index is 0.00631. The van der Waals surface area contributed by atoms with Crippen molar-refractivity contribution in [3.63, 3.8) is 0 Å². The molecule has 0 radical (unpaired) electrons. The van der Waals surface area contributed by atoms with Gasteiger partial charge in [0.1, 0.15) is 22.9 Å². The number of terminal acetylenes is 1. The van der Waals surface area contributed by atoms with Crippen LogP contribution in [0, 0.1) is 29.4 Å². The van der Waals surface area contributed by atoms with Gasteiger partial charge in [0.25, 0.3) is 0 Å². The Morgan fingerprint density at radius 2 is 1.81 bits per heavy atom. The monoisotopic (exact) mass is 650 g/mol. The molecular formula is C38H40F2N6O2. The molecule has 5 saturated heterocycles. The molecule has 0 amide bonds. The fourth-order valence-electron chi connectivity index (χ4n) is 8.91. The second-order valence-electron chi connectivity index (χ2n) is 14.9. The number of hydrogen-bond acceptors (Lipinski definition) is 8. The summed E-state index contributed by atoms with van der Waals surface area (Å²) in [6, 6.07) is 11.4. The molecule has 6 aliphatic rings. The number of nitrogens with one attached hydrogen (secondary N) is 1. The van der Waals surface area contributed by atoms with Crippen LogP contribution in [0.4, 0.5) is 14.6 Å². The lowest BCUT2D eigenvalue weighted by molar-refractivity contribution is -0.0211. The molecule has 1 saturated carbocycles. The molecule has 248 valence electrons. The maximum absolute atomic E-state index is 17.0. The van der Waals surface area contributed by atoms with Crippen molar-refractivity contribution in [3.05, 3.63) is 53.6 Å². The molecule has 4 bridgehead atoms. The van der Waals surface area contributed by atoms with Crippen molar-refractivity contribution in [2.24, 2.45) is 5.41 Å². The number of halogens is 2. The largest absolute Gasteiger partial charge is 0.508 e. The number of hydrogen-bond donors (Lipinski definition) is 2. The Balaban J connectivity index is 1.12. The van der Waals surface area contributed by atoms with Crippen molar-refractivity contribution in [1.82, 2.24) is 25.1 Å². The number of benzene rings is 3. The second kappa shape index (κ2) is 11.3. The van der Waals surface area contributed by atoms with Gasteiger partial charge in [-0.15, -0.1) is 6.42 Å². The third-order valence-corrected chi connectivity index (χ3v) is 11.7. The molecule has 10 heteroatoms. The van der Waals surface area contributed by atoms with Crippen LogP contribution in [0.1, 0.15) is 44.1 Å². The van der Waals surface area contributed by atoms with Gasteiger partial charge in [0.2, 0.25) is 0 Å². The lowest BCUT2D eigenvalue weighted by atomic mass is 9.90. The van der Waals surface area contributed by atoms with Gasteiger partial charge in [0.15, 0.2) is 5.82 Å². The Bertz CT molecular complexity index is 1980. The summed E-state index contributed by atoms with van der Waals surface area (Å²) in [6.07, 6.45) is 12.6. The molecular weight excluding hydrogens is 610 g/mol. The normalized spacial score (nSPS) is 26.3. The van der Waals surface area contributed by atoms with Gasteiger partial charge in [0, 0.05) is 84.2 Å². The van der Waals surface area contributed by atoms with E-state index < -0.39 is 11.6 Å². The standard InChI is InChI=1S/C38H40F2N6O2/c1-3-22-5-4-6-23-13-28(47)14-29(32(22)23)33-31(39)15-30-35(34(33)40)42-37(43-36(30)45-16-24-7-8-25(17-45)41-24)48-21-38(11-12-38)20-46-19-26-9-10-27(46)18-44(26)2/h1,4-6,13-15,24-27,41,47H,7-12,16-21H2,2H3. The smallest absolute Gasteiger partial charge is 0.319 e. The highest BCUT2D eigenvalue weighted by Crippen LogP contribution is 2.48.